The molecule has 1 N–H and O–H groups in total. The monoisotopic (exact) mass is 197 g/mol. The Morgan fingerprint density at radius 1 is 1.29 bits per heavy atom. The molecule has 0 aromatic rings. The van der Waals surface area contributed by atoms with Gasteiger partial charge in [0.25, 0.3) is 0 Å². The molecule has 2 aliphatic rings. The molecule has 2 saturated heterocycles. The predicted octanol–water partition coefficient (Wildman–Crippen LogP) is 2.05. The van der Waals surface area contributed by atoms with Crippen molar-refractivity contribution in [3.05, 3.63) is 0 Å². The maximum atomic E-state index is 5.77. The van der Waals surface area contributed by atoms with Crippen molar-refractivity contribution >= 4 is 0 Å². The summed E-state index contributed by atoms with van der Waals surface area (Å²) in [5.74, 6) is 0.720. The summed E-state index contributed by atoms with van der Waals surface area (Å²) in [6.07, 6.45) is 2.59. The molecule has 1 unspecified atom stereocenters. The Balaban J connectivity index is 2.11. The molecule has 1 atom stereocenters. The second-order valence-corrected chi connectivity index (χ2v) is 5.89. The zero-order chi connectivity index (χ0) is 10.2. The van der Waals surface area contributed by atoms with Crippen molar-refractivity contribution in [1.82, 2.24) is 5.32 Å². The quantitative estimate of drug-likeness (QED) is 0.694. The first-order chi connectivity index (χ1) is 6.56. The van der Waals surface area contributed by atoms with Crippen molar-refractivity contribution in [1.29, 1.82) is 0 Å². The van der Waals surface area contributed by atoms with Gasteiger partial charge in [0.1, 0.15) is 0 Å². The van der Waals surface area contributed by atoms with Crippen molar-refractivity contribution in [2.75, 3.05) is 26.3 Å². The van der Waals surface area contributed by atoms with Crippen LogP contribution in [0.1, 0.15) is 33.6 Å². The van der Waals surface area contributed by atoms with E-state index in [-0.39, 0.29) is 0 Å². The largest absolute Gasteiger partial charge is 0.381 e. The van der Waals surface area contributed by atoms with Crippen LogP contribution in [0, 0.1) is 16.7 Å². The third-order valence-electron chi connectivity index (χ3n) is 4.38. The van der Waals surface area contributed by atoms with Gasteiger partial charge in [0.2, 0.25) is 0 Å². The van der Waals surface area contributed by atoms with E-state index in [0.717, 1.165) is 19.1 Å². The Kier molecular flexibility index (Phi) is 2.61. The summed E-state index contributed by atoms with van der Waals surface area (Å²) in [5, 5.41) is 3.42. The lowest BCUT2D eigenvalue weighted by atomic mass is 9.64. The highest BCUT2D eigenvalue weighted by molar-refractivity contribution is 4.98. The number of hydrogen-bond acceptors (Lipinski definition) is 2. The minimum absolute atomic E-state index is 0.387. The second kappa shape index (κ2) is 3.49. The van der Waals surface area contributed by atoms with E-state index in [4.69, 9.17) is 4.74 Å². The van der Waals surface area contributed by atoms with Gasteiger partial charge >= 0.3 is 0 Å². The molecule has 2 nitrogen and oxygen atoms in total. The molecule has 0 aliphatic carbocycles. The standard InChI is InChI=1S/C12H23NO/c1-10(2)11(3)6-12(7-13-8-12)4-5-14-9-11/h10,13H,4-9H2,1-3H3. The first-order valence-electron chi connectivity index (χ1n) is 5.85. The van der Waals surface area contributed by atoms with Gasteiger partial charge in [-0.2, -0.15) is 0 Å². The lowest BCUT2D eigenvalue weighted by Gasteiger charge is -2.47. The Morgan fingerprint density at radius 2 is 2.00 bits per heavy atom. The van der Waals surface area contributed by atoms with E-state index in [1.807, 2.05) is 0 Å². The summed E-state index contributed by atoms with van der Waals surface area (Å²) in [7, 11) is 0. The van der Waals surface area contributed by atoms with Crippen molar-refractivity contribution in [3.63, 3.8) is 0 Å². The zero-order valence-electron chi connectivity index (χ0n) is 9.73. The van der Waals surface area contributed by atoms with E-state index < -0.39 is 0 Å². The SMILES string of the molecule is CC(C)C1(C)COCCC2(CNC2)C1. The molecule has 0 radical (unpaired) electrons. The third kappa shape index (κ3) is 1.70. The van der Waals surface area contributed by atoms with Gasteiger partial charge in [-0.05, 0) is 29.6 Å². The van der Waals surface area contributed by atoms with Crippen LogP contribution in [-0.2, 0) is 4.74 Å². The fourth-order valence-electron chi connectivity index (χ4n) is 2.74. The van der Waals surface area contributed by atoms with Crippen molar-refractivity contribution in [3.8, 4) is 0 Å². The minimum Gasteiger partial charge on any atom is -0.381 e. The molecule has 1 spiro atoms. The van der Waals surface area contributed by atoms with Crippen LogP contribution in [0.4, 0.5) is 0 Å². The van der Waals surface area contributed by atoms with Gasteiger partial charge in [0.05, 0.1) is 6.61 Å². The van der Waals surface area contributed by atoms with Crippen molar-refractivity contribution < 1.29 is 4.74 Å². The highest BCUT2D eigenvalue weighted by atomic mass is 16.5. The summed E-state index contributed by atoms with van der Waals surface area (Å²) in [4.78, 5) is 0. The third-order valence-corrected chi connectivity index (χ3v) is 4.38. The molecular formula is C12H23NO. The van der Waals surface area contributed by atoms with E-state index in [9.17, 15) is 0 Å². The normalized spacial score (nSPS) is 36.9. The van der Waals surface area contributed by atoms with Crippen LogP contribution in [0.3, 0.4) is 0 Å². The van der Waals surface area contributed by atoms with Gasteiger partial charge in [-0.3, -0.25) is 0 Å². The van der Waals surface area contributed by atoms with Crippen LogP contribution in [0.15, 0.2) is 0 Å². The van der Waals surface area contributed by atoms with Gasteiger partial charge in [-0.1, -0.05) is 20.8 Å². The van der Waals surface area contributed by atoms with E-state index in [2.05, 4.69) is 26.1 Å². The van der Waals surface area contributed by atoms with Gasteiger partial charge in [-0.25, -0.2) is 0 Å². The number of hydrogen-bond donors (Lipinski definition) is 1. The average molecular weight is 197 g/mol. The highest BCUT2D eigenvalue weighted by Crippen LogP contribution is 2.45. The van der Waals surface area contributed by atoms with E-state index in [1.165, 1.54) is 25.9 Å². The summed E-state index contributed by atoms with van der Waals surface area (Å²) < 4.78 is 5.77. The Labute approximate surface area is 87.4 Å². The lowest BCUT2D eigenvalue weighted by Crippen LogP contribution is -2.55. The maximum Gasteiger partial charge on any atom is 0.0522 e. The molecule has 0 bridgehead atoms. The average Bonchev–Trinajstić information content (AvgIpc) is 2.24. The Bertz CT molecular complexity index is 210. The van der Waals surface area contributed by atoms with E-state index in [0.29, 0.717) is 10.8 Å². The van der Waals surface area contributed by atoms with E-state index >= 15 is 0 Å². The number of ether oxygens (including phenoxy) is 1. The van der Waals surface area contributed by atoms with Crippen LogP contribution in [0.2, 0.25) is 0 Å². The van der Waals surface area contributed by atoms with Crippen LogP contribution < -0.4 is 5.32 Å². The summed E-state index contributed by atoms with van der Waals surface area (Å²) >= 11 is 0. The van der Waals surface area contributed by atoms with Crippen molar-refractivity contribution in [2.45, 2.75) is 33.6 Å². The summed E-state index contributed by atoms with van der Waals surface area (Å²) in [5.41, 5.74) is 0.952. The van der Waals surface area contributed by atoms with Gasteiger partial charge in [0.15, 0.2) is 0 Å². The molecule has 0 aromatic heterocycles. The number of nitrogens with one attached hydrogen (secondary N) is 1. The first-order valence-corrected chi connectivity index (χ1v) is 5.85. The summed E-state index contributed by atoms with van der Waals surface area (Å²) in [6.45, 7) is 11.4. The Morgan fingerprint density at radius 3 is 2.50 bits per heavy atom. The number of rotatable bonds is 1. The smallest absolute Gasteiger partial charge is 0.0522 e. The van der Waals surface area contributed by atoms with Gasteiger partial charge in [0, 0.05) is 19.7 Å². The lowest BCUT2D eigenvalue weighted by molar-refractivity contribution is 0.0291. The van der Waals surface area contributed by atoms with Gasteiger partial charge < -0.3 is 10.1 Å². The van der Waals surface area contributed by atoms with Crippen LogP contribution in [0.5, 0.6) is 0 Å². The minimum atomic E-state index is 0.387. The second-order valence-electron chi connectivity index (χ2n) is 5.89. The predicted molar refractivity (Wildman–Crippen MR) is 58.3 cm³/mol. The molecule has 2 fully saturated rings. The topological polar surface area (TPSA) is 21.3 Å². The molecule has 2 heteroatoms. The van der Waals surface area contributed by atoms with Crippen molar-refractivity contribution in [2.24, 2.45) is 16.7 Å². The van der Waals surface area contributed by atoms with E-state index in [1.54, 1.807) is 0 Å². The molecule has 0 aromatic carbocycles. The Hall–Kier alpha value is -0.0800. The van der Waals surface area contributed by atoms with Crippen LogP contribution in [0.25, 0.3) is 0 Å². The molecule has 0 amide bonds. The zero-order valence-corrected chi connectivity index (χ0v) is 9.73. The maximum absolute atomic E-state index is 5.77. The molecule has 2 heterocycles. The highest BCUT2D eigenvalue weighted by Gasteiger charge is 2.45. The molecule has 2 aliphatic heterocycles. The fourth-order valence-corrected chi connectivity index (χ4v) is 2.74. The van der Waals surface area contributed by atoms with Gasteiger partial charge in [-0.15, -0.1) is 0 Å². The molecule has 2 rings (SSSR count). The molecule has 82 valence electrons. The molecular weight excluding hydrogens is 174 g/mol. The molecule has 14 heavy (non-hydrogen) atoms. The van der Waals surface area contributed by atoms with Crippen LogP contribution in [-0.4, -0.2) is 26.3 Å². The fraction of sp³-hybridized carbons (Fsp3) is 1.00. The first kappa shape index (κ1) is 10.4. The van der Waals surface area contributed by atoms with Crippen LogP contribution >= 0.6 is 0 Å². The summed E-state index contributed by atoms with van der Waals surface area (Å²) in [6, 6.07) is 0. The molecule has 0 saturated carbocycles.